The van der Waals surface area contributed by atoms with Gasteiger partial charge in [0.05, 0.1) is 13.2 Å². The highest BCUT2D eigenvalue weighted by Crippen LogP contribution is 2.31. The van der Waals surface area contributed by atoms with Gasteiger partial charge in [-0.1, -0.05) is 30.4 Å². The van der Waals surface area contributed by atoms with E-state index >= 15 is 0 Å². The van der Waals surface area contributed by atoms with Crippen molar-refractivity contribution >= 4 is 11.3 Å². The van der Waals surface area contributed by atoms with Crippen LogP contribution in [0, 0.1) is 6.92 Å². The topological polar surface area (TPSA) is 47.0 Å². The summed E-state index contributed by atoms with van der Waals surface area (Å²) in [6.07, 6.45) is 1.00. The van der Waals surface area contributed by atoms with Crippen LogP contribution in [-0.4, -0.2) is 24.4 Å². The lowest BCUT2D eigenvalue weighted by Gasteiger charge is -2.08. The highest BCUT2D eigenvalue weighted by Gasteiger charge is 2.14. The molecule has 0 spiro atoms. The normalized spacial score (nSPS) is 12.4. The average Bonchev–Trinajstić information content (AvgIpc) is 2.90. The molecule has 102 valence electrons. The Morgan fingerprint density at radius 1 is 1.37 bits per heavy atom. The standard InChI is InChI=1S/C14H19N3OS/c1-5-11(15-3)14-17-16-13(19-14)10-7-6-9(2)12(8-10)18-4/h6-8,11,15H,5H2,1-4H3. The summed E-state index contributed by atoms with van der Waals surface area (Å²) in [5.41, 5.74) is 2.18. The lowest BCUT2D eigenvalue weighted by molar-refractivity contribution is 0.412. The molecule has 0 aliphatic rings. The molecule has 1 N–H and O–H groups in total. The monoisotopic (exact) mass is 277 g/mol. The highest BCUT2D eigenvalue weighted by atomic mass is 32.1. The SMILES string of the molecule is CCC(NC)c1nnc(-c2ccc(C)c(OC)c2)s1. The molecule has 0 aliphatic heterocycles. The maximum Gasteiger partial charge on any atom is 0.147 e. The van der Waals surface area contributed by atoms with Crippen LogP contribution in [0.1, 0.15) is 30.0 Å². The van der Waals surface area contributed by atoms with Crippen molar-refractivity contribution in [2.24, 2.45) is 0 Å². The highest BCUT2D eigenvalue weighted by molar-refractivity contribution is 7.14. The van der Waals surface area contributed by atoms with Crippen molar-refractivity contribution in [1.82, 2.24) is 15.5 Å². The zero-order valence-corrected chi connectivity index (χ0v) is 12.5. The van der Waals surface area contributed by atoms with Gasteiger partial charge in [-0.05, 0) is 32.0 Å². The fourth-order valence-electron chi connectivity index (χ4n) is 1.95. The molecule has 0 amide bonds. The average molecular weight is 277 g/mol. The van der Waals surface area contributed by atoms with Crippen LogP contribution in [0.15, 0.2) is 18.2 Å². The van der Waals surface area contributed by atoms with E-state index in [0.717, 1.165) is 33.3 Å². The maximum atomic E-state index is 5.35. The second-order valence-corrected chi connectivity index (χ2v) is 5.39. The fourth-order valence-corrected chi connectivity index (χ4v) is 2.98. The summed E-state index contributed by atoms with van der Waals surface area (Å²) in [5.74, 6) is 0.884. The molecule has 1 unspecified atom stereocenters. The van der Waals surface area contributed by atoms with E-state index < -0.39 is 0 Å². The molecule has 0 saturated heterocycles. The first kappa shape index (κ1) is 14.0. The van der Waals surface area contributed by atoms with E-state index in [1.807, 2.05) is 26.1 Å². The predicted octanol–water partition coefficient (Wildman–Crippen LogP) is 3.19. The van der Waals surface area contributed by atoms with Gasteiger partial charge in [-0.15, -0.1) is 10.2 Å². The van der Waals surface area contributed by atoms with Crippen LogP contribution in [0.2, 0.25) is 0 Å². The number of methoxy groups -OCH3 is 1. The minimum atomic E-state index is 0.276. The van der Waals surface area contributed by atoms with Gasteiger partial charge in [-0.25, -0.2) is 0 Å². The summed E-state index contributed by atoms with van der Waals surface area (Å²) in [5, 5.41) is 13.8. The Labute approximate surface area is 117 Å². The van der Waals surface area contributed by atoms with Gasteiger partial charge in [0.2, 0.25) is 0 Å². The van der Waals surface area contributed by atoms with Gasteiger partial charge < -0.3 is 10.1 Å². The lowest BCUT2D eigenvalue weighted by atomic mass is 10.1. The molecule has 0 radical (unpaired) electrons. The molecule has 2 rings (SSSR count). The largest absolute Gasteiger partial charge is 0.496 e. The van der Waals surface area contributed by atoms with Gasteiger partial charge in [-0.3, -0.25) is 0 Å². The summed E-state index contributed by atoms with van der Waals surface area (Å²) in [6.45, 7) is 4.17. The van der Waals surface area contributed by atoms with Crippen LogP contribution in [0.3, 0.4) is 0 Å². The van der Waals surface area contributed by atoms with Crippen LogP contribution in [-0.2, 0) is 0 Å². The summed E-state index contributed by atoms with van der Waals surface area (Å²) >= 11 is 1.63. The maximum absolute atomic E-state index is 5.35. The summed E-state index contributed by atoms with van der Waals surface area (Å²) in [4.78, 5) is 0. The zero-order chi connectivity index (χ0) is 13.8. The number of aryl methyl sites for hydroxylation is 1. The van der Waals surface area contributed by atoms with E-state index in [2.05, 4.69) is 28.5 Å². The summed E-state index contributed by atoms with van der Waals surface area (Å²) in [6, 6.07) is 6.39. The third kappa shape index (κ3) is 2.93. The van der Waals surface area contributed by atoms with Crippen LogP contribution in [0.5, 0.6) is 5.75 Å². The first-order valence-electron chi connectivity index (χ1n) is 6.35. The molecule has 1 aromatic carbocycles. The number of hydrogen-bond donors (Lipinski definition) is 1. The minimum absolute atomic E-state index is 0.276. The van der Waals surface area contributed by atoms with E-state index in [1.165, 1.54) is 0 Å². The van der Waals surface area contributed by atoms with Crippen molar-refractivity contribution < 1.29 is 4.74 Å². The molecular weight excluding hydrogens is 258 g/mol. The first-order chi connectivity index (χ1) is 9.19. The molecule has 0 aliphatic carbocycles. The number of nitrogens with zero attached hydrogens (tertiary/aromatic N) is 2. The van der Waals surface area contributed by atoms with Crippen LogP contribution in [0.25, 0.3) is 10.6 Å². The number of ether oxygens (including phenoxy) is 1. The molecule has 1 atom stereocenters. The number of nitrogens with one attached hydrogen (secondary N) is 1. The van der Waals surface area contributed by atoms with Crippen molar-refractivity contribution in [2.45, 2.75) is 26.3 Å². The third-order valence-electron chi connectivity index (χ3n) is 3.15. The molecular formula is C14H19N3OS. The van der Waals surface area contributed by atoms with Gasteiger partial charge in [0, 0.05) is 5.56 Å². The Kier molecular flexibility index (Phi) is 4.50. The first-order valence-corrected chi connectivity index (χ1v) is 7.17. The van der Waals surface area contributed by atoms with Crippen LogP contribution in [0.4, 0.5) is 0 Å². The summed E-state index contributed by atoms with van der Waals surface area (Å²) in [7, 11) is 3.63. The van der Waals surface area contributed by atoms with Gasteiger partial charge in [0.15, 0.2) is 0 Å². The molecule has 0 fully saturated rings. The van der Waals surface area contributed by atoms with Gasteiger partial charge in [-0.2, -0.15) is 0 Å². The Morgan fingerprint density at radius 3 is 2.79 bits per heavy atom. The van der Waals surface area contributed by atoms with E-state index in [-0.39, 0.29) is 6.04 Å². The van der Waals surface area contributed by atoms with Gasteiger partial charge in [0.25, 0.3) is 0 Å². The van der Waals surface area contributed by atoms with Crippen molar-refractivity contribution in [3.05, 3.63) is 28.8 Å². The second-order valence-electron chi connectivity index (χ2n) is 4.38. The van der Waals surface area contributed by atoms with Crippen molar-refractivity contribution in [3.63, 3.8) is 0 Å². The molecule has 0 saturated carbocycles. The van der Waals surface area contributed by atoms with Crippen LogP contribution >= 0.6 is 11.3 Å². The van der Waals surface area contributed by atoms with Crippen molar-refractivity contribution in [3.8, 4) is 16.3 Å². The van der Waals surface area contributed by atoms with E-state index in [1.54, 1.807) is 18.4 Å². The van der Waals surface area contributed by atoms with E-state index in [0.29, 0.717) is 0 Å². The number of benzene rings is 1. The molecule has 19 heavy (non-hydrogen) atoms. The van der Waals surface area contributed by atoms with Crippen LogP contribution < -0.4 is 10.1 Å². The zero-order valence-electron chi connectivity index (χ0n) is 11.7. The smallest absolute Gasteiger partial charge is 0.147 e. The van der Waals surface area contributed by atoms with Crippen molar-refractivity contribution in [2.75, 3.05) is 14.2 Å². The minimum Gasteiger partial charge on any atom is -0.496 e. The third-order valence-corrected chi connectivity index (χ3v) is 4.24. The van der Waals surface area contributed by atoms with Gasteiger partial charge in [0.1, 0.15) is 15.8 Å². The summed E-state index contributed by atoms with van der Waals surface area (Å²) < 4.78 is 5.35. The molecule has 5 heteroatoms. The molecule has 2 aromatic rings. The molecule has 4 nitrogen and oxygen atoms in total. The Balaban J connectivity index is 2.32. The molecule has 0 bridgehead atoms. The second kappa shape index (κ2) is 6.12. The van der Waals surface area contributed by atoms with E-state index in [9.17, 15) is 0 Å². The lowest BCUT2D eigenvalue weighted by Crippen LogP contribution is -2.14. The Hall–Kier alpha value is -1.46. The molecule has 1 aromatic heterocycles. The molecule has 1 heterocycles. The van der Waals surface area contributed by atoms with Crippen molar-refractivity contribution in [1.29, 1.82) is 0 Å². The number of aromatic nitrogens is 2. The Bertz CT molecular complexity index is 549. The predicted molar refractivity (Wildman–Crippen MR) is 78.7 cm³/mol. The quantitative estimate of drug-likeness (QED) is 0.911. The fraction of sp³-hybridized carbons (Fsp3) is 0.429. The van der Waals surface area contributed by atoms with Gasteiger partial charge >= 0.3 is 0 Å². The number of hydrogen-bond acceptors (Lipinski definition) is 5. The Morgan fingerprint density at radius 2 is 2.16 bits per heavy atom. The van der Waals surface area contributed by atoms with E-state index in [4.69, 9.17) is 4.74 Å². The number of rotatable bonds is 5.